The molecule has 1 atom stereocenters. The third kappa shape index (κ3) is 3.99. The van der Waals surface area contributed by atoms with Crippen molar-refractivity contribution in [3.05, 3.63) is 29.8 Å². The predicted molar refractivity (Wildman–Crippen MR) is 62.0 cm³/mol. The summed E-state index contributed by atoms with van der Waals surface area (Å²) in [6.45, 7) is 4.76. The molecule has 0 radical (unpaired) electrons. The van der Waals surface area contributed by atoms with Crippen molar-refractivity contribution in [2.24, 2.45) is 5.73 Å². The summed E-state index contributed by atoms with van der Waals surface area (Å²) in [6, 6.07) is 7.93. The average Bonchev–Trinajstić information content (AvgIpc) is 2.19. The van der Waals surface area contributed by atoms with Gasteiger partial charge in [-0.1, -0.05) is 19.1 Å². The molecular weight excluding hydrogens is 198 g/mol. The lowest BCUT2D eigenvalue weighted by atomic mass is 10.2. The Morgan fingerprint density at radius 3 is 2.29 bits per heavy atom. The van der Waals surface area contributed by atoms with E-state index < -0.39 is 0 Å². The van der Waals surface area contributed by atoms with Gasteiger partial charge in [-0.3, -0.25) is 0 Å². The molecule has 0 saturated carbocycles. The Balaban J connectivity index is 0.00000169. The van der Waals surface area contributed by atoms with E-state index in [9.17, 15) is 0 Å². The zero-order valence-corrected chi connectivity index (χ0v) is 9.51. The van der Waals surface area contributed by atoms with Gasteiger partial charge >= 0.3 is 0 Å². The number of hydrogen-bond donors (Lipinski definition) is 1. The summed E-state index contributed by atoms with van der Waals surface area (Å²) in [5.74, 6) is 0.923. The molecule has 2 N–H and O–H groups in total. The molecule has 0 aliphatic rings. The standard InChI is InChI=1S/C11H17NO.ClH/c1-3-9(2)13-11-6-4-10(8-12)5-7-11;/h4-7,9H,3,8,12H2,1-2H3;1H. The molecule has 0 bridgehead atoms. The van der Waals surface area contributed by atoms with Gasteiger partial charge in [0.15, 0.2) is 0 Å². The van der Waals surface area contributed by atoms with Gasteiger partial charge in [-0.05, 0) is 31.0 Å². The Morgan fingerprint density at radius 1 is 1.29 bits per heavy atom. The van der Waals surface area contributed by atoms with Crippen molar-refractivity contribution in [1.82, 2.24) is 0 Å². The number of hydrogen-bond acceptors (Lipinski definition) is 2. The third-order valence-electron chi connectivity index (χ3n) is 2.07. The van der Waals surface area contributed by atoms with Crippen LogP contribution in [0.3, 0.4) is 0 Å². The van der Waals surface area contributed by atoms with Crippen molar-refractivity contribution in [2.45, 2.75) is 32.9 Å². The Morgan fingerprint density at radius 2 is 1.86 bits per heavy atom. The van der Waals surface area contributed by atoms with Crippen LogP contribution in [0.1, 0.15) is 25.8 Å². The second-order valence-corrected chi connectivity index (χ2v) is 3.18. The molecule has 0 heterocycles. The lowest BCUT2D eigenvalue weighted by Crippen LogP contribution is -2.09. The lowest BCUT2D eigenvalue weighted by Gasteiger charge is -2.12. The fraction of sp³-hybridized carbons (Fsp3) is 0.455. The smallest absolute Gasteiger partial charge is 0.119 e. The van der Waals surface area contributed by atoms with Gasteiger partial charge in [0, 0.05) is 6.54 Å². The minimum absolute atomic E-state index is 0. The van der Waals surface area contributed by atoms with Gasteiger partial charge in [0.1, 0.15) is 5.75 Å². The van der Waals surface area contributed by atoms with E-state index in [1.54, 1.807) is 0 Å². The minimum atomic E-state index is 0. The van der Waals surface area contributed by atoms with Crippen LogP contribution >= 0.6 is 12.4 Å². The summed E-state index contributed by atoms with van der Waals surface area (Å²) >= 11 is 0. The molecule has 0 amide bonds. The summed E-state index contributed by atoms with van der Waals surface area (Å²) in [7, 11) is 0. The summed E-state index contributed by atoms with van der Waals surface area (Å²) in [5.41, 5.74) is 6.62. The maximum absolute atomic E-state index is 5.62. The first-order chi connectivity index (χ1) is 6.26. The molecule has 0 aliphatic carbocycles. The molecule has 0 aliphatic heterocycles. The van der Waals surface area contributed by atoms with Gasteiger partial charge in [-0.15, -0.1) is 12.4 Å². The van der Waals surface area contributed by atoms with Crippen LogP contribution in [-0.2, 0) is 6.54 Å². The third-order valence-corrected chi connectivity index (χ3v) is 2.07. The van der Waals surface area contributed by atoms with Crippen LogP contribution < -0.4 is 10.5 Å². The predicted octanol–water partition coefficient (Wildman–Crippen LogP) is 2.74. The molecule has 3 heteroatoms. The van der Waals surface area contributed by atoms with E-state index in [0.29, 0.717) is 6.54 Å². The van der Waals surface area contributed by atoms with Crippen LogP contribution in [0, 0.1) is 0 Å². The summed E-state index contributed by atoms with van der Waals surface area (Å²) in [6.07, 6.45) is 1.31. The highest BCUT2D eigenvalue weighted by Gasteiger charge is 1.99. The van der Waals surface area contributed by atoms with Crippen LogP contribution in [0.15, 0.2) is 24.3 Å². The van der Waals surface area contributed by atoms with E-state index in [1.165, 1.54) is 0 Å². The molecule has 0 spiro atoms. The van der Waals surface area contributed by atoms with Crippen molar-refractivity contribution in [1.29, 1.82) is 0 Å². The van der Waals surface area contributed by atoms with Gasteiger partial charge in [0.2, 0.25) is 0 Å². The van der Waals surface area contributed by atoms with Crippen molar-refractivity contribution in [3.8, 4) is 5.75 Å². The van der Waals surface area contributed by atoms with E-state index in [-0.39, 0.29) is 18.5 Å². The topological polar surface area (TPSA) is 35.2 Å². The molecule has 2 nitrogen and oxygen atoms in total. The van der Waals surface area contributed by atoms with E-state index in [4.69, 9.17) is 10.5 Å². The maximum Gasteiger partial charge on any atom is 0.119 e. The average molecular weight is 216 g/mol. The molecule has 0 aromatic heterocycles. The summed E-state index contributed by atoms with van der Waals surface area (Å²) in [5, 5.41) is 0. The fourth-order valence-corrected chi connectivity index (χ4v) is 1.02. The SMILES string of the molecule is CCC(C)Oc1ccc(CN)cc1.Cl. The molecule has 80 valence electrons. The fourth-order valence-electron chi connectivity index (χ4n) is 1.02. The number of rotatable bonds is 4. The van der Waals surface area contributed by atoms with Gasteiger partial charge in [0.05, 0.1) is 6.10 Å². The summed E-state index contributed by atoms with van der Waals surface area (Å²) < 4.78 is 5.62. The molecule has 1 aromatic rings. The molecular formula is C11H18ClNO. The van der Waals surface area contributed by atoms with Gasteiger partial charge in [-0.25, -0.2) is 0 Å². The highest BCUT2D eigenvalue weighted by atomic mass is 35.5. The molecule has 1 aromatic carbocycles. The lowest BCUT2D eigenvalue weighted by molar-refractivity contribution is 0.217. The van der Waals surface area contributed by atoms with E-state index >= 15 is 0 Å². The Bertz CT molecular complexity index is 248. The first-order valence-electron chi connectivity index (χ1n) is 4.72. The van der Waals surface area contributed by atoms with Crippen LogP contribution in [0.2, 0.25) is 0 Å². The van der Waals surface area contributed by atoms with Crippen LogP contribution in [0.5, 0.6) is 5.75 Å². The van der Waals surface area contributed by atoms with Gasteiger partial charge in [0.25, 0.3) is 0 Å². The van der Waals surface area contributed by atoms with Gasteiger partial charge < -0.3 is 10.5 Å². The molecule has 1 unspecified atom stereocenters. The second kappa shape index (κ2) is 6.68. The first kappa shape index (κ1) is 13.3. The van der Waals surface area contributed by atoms with Crippen LogP contribution in [0.4, 0.5) is 0 Å². The Kier molecular flexibility index (Phi) is 6.34. The second-order valence-electron chi connectivity index (χ2n) is 3.18. The van der Waals surface area contributed by atoms with E-state index in [2.05, 4.69) is 13.8 Å². The number of nitrogens with two attached hydrogens (primary N) is 1. The van der Waals surface area contributed by atoms with Crippen molar-refractivity contribution < 1.29 is 4.74 Å². The monoisotopic (exact) mass is 215 g/mol. The Hall–Kier alpha value is -0.730. The molecule has 0 saturated heterocycles. The molecule has 0 fully saturated rings. The van der Waals surface area contributed by atoms with Crippen molar-refractivity contribution in [2.75, 3.05) is 0 Å². The summed E-state index contributed by atoms with van der Waals surface area (Å²) in [4.78, 5) is 0. The minimum Gasteiger partial charge on any atom is -0.491 e. The zero-order valence-electron chi connectivity index (χ0n) is 8.69. The number of benzene rings is 1. The highest BCUT2D eigenvalue weighted by molar-refractivity contribution is 5.85. The van der Waals surface area contributed by atoms with Gasteiger partial charge in [-0.2, -0.15) is 0 Å². The van der Waals surface area contributed by atoms with Crippen molar-refractivity contribution >= 4 is 12.4 Å². The largest absolute Gasteiger partial charge is 0.491 e. The van der Waals surface area contributed by atoms with E-state index in [1.807, 2.05) is 24.3 Å². The van der Waals surface area contributed by atoms with E-state index in [0.717, 1.165) is 17.7 Å². The first-order valence-corrected chi connectivity index (χ1v) is 4.72. The highest BCUT2D eigenvalue weighted by Crippen LogP contribution is 2.14. The van der Waals surface area contributed by atoms with Crippen molar-refractivity contribution in [3.63, 3.8) is 0 Å². The number of halogens is 1. The Labute approximate surface area is 91.9 Å². The van der Waals surface area contributed by atoms with Crippen LogP contribution in [-0.4, -0.2) is 6.10 Å². The molecule has 14 heavy (non-hydrogen) atoms. The maximum atomic E-state index is 5.62. The van der Waals surface area contributed by atoms with Crippen LogP contribution in [0.25, 0.3) is 0 Å². The molecule has 1 rings (SSSR count). The quantitative estimate of drug-likeness (QED) is 0.839. The zero-order chi connectivity index (χ0) is 9.68. The normalized spacial score (nSPS) is 11.6. The number of ether oxygens (including phenoxy) is 1.